The second-order valence-electron chi connectivity index (χ2n) is 7.13. The van der Waals surface area contributed by atoms with E-state index < -0.39 is 0 Å². The number of halogens is 1. The number of nitrogens with zero attached hydrogens (tertiary/aromatic N) is 1. The molecule has 1 heterocycles. The third-order valence-electron chi connectivity index (χ3n) is 5.34. The van der Waals surface area contributed by atoms with Crippen molar-refractivity contribution in [3.05, 3.63) is 70.8 Å². The summed E-state index contributed by atoms with van der Waals surface area (Å²) in [5, 5.41) is 3.38. The van der Waals surface area contributed by atoms with Gasteiger partial charge in [0, 0.05) is 16.3 Å². The number of hydrogen-bond donors (Lipinski definition) is 1. The summed E-state index contributed by atoms with van der Waals surface area (Å²) in [6.07, 6.45) is 5.12. The number of aryl methyl sites for hydroxylation is 1. The van der Waals surface area contributed by atoms with E-state index in [1.54, 1.807) is 36.4 Å². The van der Waals surface area contributed by atoms with E-state index in [1.807, 2.05) is 25.1 Å². The van der Waals surface area contributed by atoms with Crippen molar-refractivity contribution in [1.29, 1.82) is 0 Å². The van der Waals surface area contributed by atoms with E-state index in [4.69, 9.17) is 11.6 Å². The lowest BCUT2D eigenvalue weighted by atomic mass is 9.85. The second-order valence-corrected chi connectivity index (χ2v) is 7.56. The second kappa shape index (κ2) is 7.24. The Labute approximate surface area is 168 Å². The van der Waals surface area contributed by atoms with Crippen LogP contribution < -0.4 is 10.2 Å². The first-order valence-corrected chi connectivity index (χ1v) is 9.54. The molecule has 1 aliphatic heterocycles. The third kappa shape index (κ3) is 3.22. The van der Waals surface area contributed by atoms with Crippen molar-refractivity contribution in [2.45, 2.75) is 19.8 Å². The number of benzene rings is 2. The number of anilines is 2. The fourth-order valence-electron chi connectivity index (χ4n) is 3.74. The molecule has 1 saturated heterocycles. The Morgan fingerprint density at radius 1 is 1.00 bits per heavy atom. The standard InChI is InChI=1S/C22H19ClN2O3/c1-13-6-9-15(23)12-19(13)24-20(26)14-7-10-16(11-8-14)25-21(27)17-4-2-3-5-18(17)22(25)28/h2-3,6-12,17-18H,4-5H2,1H3,(H,24,26)/t17-,18-/m1/s1. The van der Waals surface area contributed by atoms with Crippen LogP contribution in [0.1, 0.15) is 28.8 Å². The Kier molecular flexibility index (Phi) is 4.77. The molecule has 0 unspecified atom stereocenters. The van der Waals surface area contributed by atoms with E-state index in [-0.39, 0.29) is 29.6 Å². The molecule has 2 aromatic carbocycles. The van der Waals surface area contributed by atoms with Crippen LogP contribution in [-0.2, 0) is 9.59 Å². The number of hydrogen-bond acceptors (Lipinski definition) is 3. The van der Waals surface area contributed by atoms with E-state index >= 15 is 0 Å². The molecule has 0 saturated carbocycles. The Balaban J connectivity index is 1.52. The average molecular weight is 395 g/mol. The molecule has 5 nitrogen and oxygen atoms in total. The summed E-state index contributed by atoms with van der Waals surface area (Å²) in [5.41, 5.74) is 2.48. The lowest BCUT2D eigenvalue weighted by Crippen LogP contribution is -2.30. The Morgan fingerprint density at radius 2 is 1.61 bits per heavy atom. The molecule has 142 valence electrons. The smallest absolute Gasteiger partial charge is 0.255 e. The summed E-state index contributed by atoms with van der Waals surface area (Å²) < 4.78 is 0. The van der Waals surface area contributed by atoms with Gasteiger partial charge in [0.05, 0.1) is 17.5 Å². The zero-order valence-corrected chi connectivity index (χ0v) is 16.1. The lowest BCUT2D eigenvalue weighted by Gasteiger charge is -2.15. The summed E-state index contributed by atoms with van der Waals surface area (Å²) in [6, 6.07) is 11.8. The minimum absolute atomic E-state index is 0.161. The summed E-state index contributed by atoms with van der Waals surface area (Å²) in [5.74, 6) is -1.15. The van der Waals surface area contributed by atoms with Crippen molar-refractivity contribution < 1.29 is 14.4 Å². The Bertz CT molecular complexity index is 971. The summed E-state index contributed by atoms with van der Waals surface area (Å²) >= 11 is 5.99. The maximum Gasteiger partial charge on any atom is 0.255 e. The minimum atomic E-state index is -0.283. The van der Waals surface area contributed by atoms with Gasteiger partial charge in [-0.3, -0.25) is 19.3 Å². The molecule has 0 aromatic heterocycles. The zero-order valence-electron chi connectivity index (χ0n) is 15.3. The number of amides is 3. The Morgan fingerprint density at radius 3 is 2.21 bits per heavy atom. The molecule has 1 aliphatic carbocycles. The first kappa shape index (κ1) is 18.4. The van der Waals surface area contributed by atoms with Gasteiger partial charge in [-0.05, 0) is 61.7 Å². The molecule has 0 spiro atoms. The highest BCUT2D eigenvalue weighted by Crippen LogP contribution is 2.37. The summed E-state index contributed by atoms with van der Waals surface area (Å²) in [6.45, 7) is 1.88. The van der Waals surface area contributed by atoms with Gasteiger partial charge in [0.25, 0.3) is 5.91 Å². The molecule has 2 atom stereocenters. The largest absolute Gasteiger partial charge is 0.322 e. The first-order valence-electron chi connectivity index (χ1n) is 9.16. The highest BCUT2D eigenvalue weighted by molar-refractivity contribution is 6.31. The molecule has 0 radical (unpaired) electrons. The van der Waals surface area contributed by atoms with Crippen molar-refractivity contribution in [2.24, 2.45) is 11.8 Å². The average Bonchev–Trinajstić information content (AvgIpc) is 2.96. The molecule has 3 amide bonds. The van der Waals surface area contributed by atoms with Crippen molar-refractivity contribution in [2.75, 3.05) is 10.2 Å². The van der Waals surface area contributed by atoms with E-state index in [0.29, 0.717) is 34.8 Å². The maximum absolute atomic E-state index is 12.7. The van der Waals surface area contributed by atoms with Gasteiger partial charge in [-0.25, -0.2) is 0 Å². The number of carbonyl (C=O) groups is 3. The monoisotopic (exact) mass is 394 g/mol. The van der Waals surface area contributed by atoms with Crippen LogP contribution in [0.2, 0.25) is 5.02 Å². The molecule has 4 rings (SSSR count). The molecular formula is C22H19ClN2O3. The maximum atomic E-state index is 12.7. The highest BCUT2D eigenvalue weighted by atomic mass is 35.5. The van der Waals surface area contributed by atoms with Crippen LogP contribution in [0.25, 0.3) is 0 Å². The van der Waals surface area contributed by atoms with E-state index in [0.717, 1.165) is 5.56 Å². The predicted molar refractivity (Wildman–Crippen MR) is 108 cm³/mol. The molecule has 6 heteroatoms. The number of allylic oxidation sites excluding steroid dienone is 2. The van der Waals surface area contributed by atoms with Crippen molar-refractivity contribution >= 4 is 40.7 Å². The predicted octanol–water partition coefficient (Wildman–Crippen LogP) is 4.36. The van der Waals surface area contributed by atoms with Crippen LogP contribution in [0.3, 0.4) is 0 Å². The van der Waals surface area contributed by atoms with Gasteiger partial charge in [0.2, 0.25) is 11.8 Å². The van der Waals surface area contributed by atoms with Gasteiger partial charge in [-0.15, -0.1) is 0 Å². The summed E-state index contributed by atoms with van der Waals surface area (Å²) in [7, 11) is 0. The lowest BCUT2D eigenvalue weighted by molar-refractivity contribution is -0.122. The van der Waals surface area contributed by atoms with Crippen LogP contribution >= 0.6 is 11.6 Å². The Hall–Kier alpha value is -2.92. The van der Waals surface area contributed by atoms with Crippen molar-refractivity contribution in [1.82, 2.24) is 0 Å². The number of rotatable bonds is 3. The van der Waals surface area contributed by atoms with E-state index in [9.17, 15) is 14.4 Å². The quantitative estimate of drug-likeness (QED) is 0.621. The van der Waals surface area contributed by atoms with Gasteiger partial charge in [-0.1, -0.05) is 29.8 Å². The number of carbonyl (C=O) groups excluding carboxylic acids is 3. The normalized spacial score (nSPS) is 21.0. The highest BCUT2D eigenvalue weighted by Gasteiger charge is 2.47. The van der Waals surface area contributed by atoms with E-state index in [2.05, 4.69) is 5.32 Å². The molecule has 2 aromatic rings. The molecule has 2 aliphatic rings. The van der Waals surface area contributed by atoms with Crippen LogP contribution in [0, 0.1) is 18.8 Å². The van der Waals surface area contributed by atoms with Gasteiger partial charge in [-0.2, -0.15) is 0 Å². The van der Waals surface area contributed by atoms with Crippen LogP contribution in [0.15, 0.2) is 54.6 Å². The van der Waals surface area contributed by atoms with Crippen LogP contribution in [0.5, 0.6) is 0 Å². The fraction of sp³-hybridized carbons (Fsp3) is 0.227. The zero-order chi connectivity index (χ0) is 19.8. The summed E-state index contributed by atoms with van der Waals surface area (Å²) in [4.78, 5) is 39.1. The van der Waals surface area contributed by atoms with Crippen molar-refractivity contribution in [3.8, 4) is 0 Å². The number of nitrogens with one attached hydrogen (secondary N) is 1. The molecule has 28 heavy (non-hydrogen) atoms. The first-order chi connectivity index (χ1) is 13.5. The third-order valence-corrected chi connectivity index (χ3v) is 5.58. The fourth-order valence-corrected chi connectivity index (χ4v) is 3.91. The number of fused-ring (bicyclic) bond motifs is 1. The molecule has 1 fully saturated rings. The molecule has 0 bridgehead atoms. The van der Waals surface area contributed by atoms with Crippen LogP contribution in [-0.4, -0.2) is 17.7 Å². The van der Waals surface area contributed by atoms with Gasteiger partial charge >= 0.3 is 0 Å². The van der Waals surface area contributed by atoms with E-state index in [1.165, 1.54) is 4.90 Å². The topological polar surface area (TPSA) is 66.5 Å². The minimum Gasteiger partial charge on any atom is -0.322 e. The van der Waals surface area contributed by atoms with Gasteiger partial charge in [0.1, 0.15) is 0 Å². The number of imide groups is 1. The molecular weight excluding hydrogens is 376 g/mol. The van der Waals surface area contributed by atoms with Gasteiger partial charge in [0.15, 0.2) is 0 Å². The van der Waals surface area contributed by atoms with Gasteiger partial charge < -0.3 is 5.32 Å². The SMILES string of the molecule is Cc1ccc(Cl)cc1NC(=O)c1ccc(N2C(=O)[C@@H]3CC=CC[C@H]3C2=O)cc1. The van der Waals surface area contributed by atoms with Crippen molar-refractivity contribution in [3.63, 3.8) is 0 Å². The molecule has 1 N–H and O–H groups in total. The van der Waals surface area contributed by atoms with Crippen LogP contribution in [0.4, 0.5) is 11.4 Å².